The molecule has 0 saturated carbocycles. The Bertz CT molecular complexity index is 1090. The largest absolute Gasteiger partial charge is 0.435 e. The molecule has 1 aliphatic rings. The van der Waals surface area contributed by atoms with Crippen LogP contribution in [-0.4, -0.2) is 11.0 Å². The van der Waals surface area contributed by atoms with E-state index in [9.17, 15) is 0 Å². The van der Waals surface area contributed by atoms with Crippen LogP contribution < -0.4 is 11.0 Å². The van der Waals surface area contributed by atoms with Crippen molar-refractivity contribution in [3.05, 3.63) is 122 Å². The van der Waals surface area contributed by atoms with E-state index in [-0.39, 0.29) is 0 Å². The molecular formula is C30H35NO2P2. The predicted octanol–water partition coefficient (Wildman–Crippen LogP) is 8.65. The van der Waals surface area contributed by atoms with Crippen molar-refractivity contribution in [2.24, 2.45) is 0 Å². The number of nitrogens with zero attached hydrogens (tertiary/aromatic N) is 1. The minimum absolute atomic E-state index is 0.372. The van der Waals surface area contributed by atoms with Gasteiger partial charge in [-0.3, -0.25) is 0 Å². The maximum absolute atomic E-state index is 6.15. The Morgan fingerprint density at radius 2 is 1.29 bits per heavy atom. The van der Waals surface area contributed by atoms with Crippen LogP contribution in [0.4, 0.5) is 0 Å². The second-order valence-electron chi connectivity index (χ2n) is 9.44. The Hall–Kier alpha value is -2.18. The number of benzene rings is 2. The standard InChI is InChI=1S/C30H35NO2P2/c1-4-5-22-31(35(3,29-18-12-23-32-29)30-19-13-24-33-30)34(2)27(25-14-8-6-9-15-25)20-21-28(34)26-16-10-7-11-17-26/h6-19,23-24,27-28H,2-5,20-22H2,1H3/t27-,28-/m0/s1. The van der Waals surface area contributed by atoms with Crippen molar-refractivity contribution < 1.29 is 8.83 Å². The molecule has 1 aliphatic heterocycles. The van der Waals surface area contributed by atoms with Gasteiger partial charge in [0.1, 0.15) is 7.41 Å². The highest BCUT2D eigenvalue weighted by atomic mass is 31.2. The Labute approximate surface area is 211 Å². The van der Waals surface area contributed by atoms with E-state index in [1.165, 1.54) is 11.1 Å². The molecule has 3 nitrogen and oxygen atoms in total. The molecule has 0 radical (unpaired) electrons. The molecule has 3 heterocycles. The number of rotatable bonds is 9. The molecule has 5 heteroatoms. The van der Waals surface area contributed by atoms with Gasteiger partial charge < -0.3 is 8.83 Å². The summed E-state index contributed by atoms with van der Waals surface area (Å²) in [4.78, 5) is 0. The van der Waals surface area contributed by atoms with Crippen LogP contribution in [0.25, 0.3) is 0 Å². The molecule has 2 aromatic carbocycles. The SMILES string of the molecule is [CH2-][P+](c1ccco1)(c1ccco1)N(CCCC)[P+]1([CH2-])[C@H](c2ccccc2)CC[C@H]1c1ccccc1. The van der Waals surface area contributed by atoms with E-state index in [0.29, 0.717) is 11.3 Å². The Kier molecular flexibility index (Phi) is 7.31. The van der Waals surface area contributed by atoms with Gasteiger partial charge in [0.25, 0.3) is 0 Å². The molecule has 1 fully saturated rings. The van der Waals surface area contributed by atoms with E-state index in [1.807, 2.05) is 12.1 Å². The van der Waals surface area contributed by atoms with Crippen molar-refractivity contribution in [1.29, 1.82) is 0 Å². The van der Waals surface area contributed by atoms with Crippen molar-refractivity contribution in [3.8, 4) is 0 Å². The fraction of sp³-hybridized carbons (Fsp3) is 0.267. The van der Waals surface area contributed by atoms with Gasteiger partial charge >= 0.3 is 0 Å². The van der Waals surface area contributed by atoms with E-state index in [1.54, 1.807) is 12.5 Å². The number of hydrogen-bond donors (Lipinski definition) is 0. The summed E-state index contributed by atoms with van der Waals surface area (Å²) >= 11 is 0. The Balaban J connectivity index is 1.74. The van der Waals surface area contributed by atoms with Crippen LogP contribution in [0.1, 0.15) is 55.1 Å². The van der Waals surface area contributed by atoms with Gasteiger partial charge in [-0.1, -0.05) is 74.0 Å². The molecule has 5 rings (SSSR count). The lowest BCUT2D eigenvalue weighted by molar-refractivity contribution is 0.566. The molecule has 182 valence electrons. The van der Waals surface area contributed by atoms with Gasteiger partial charge in [0.2, 0.25) is 11.0 Å². The molecule has 0 unspecified atom stereocenters. The maximum Gasteiger partial charge on any atom is 0.245 e. The van der Waals surface area contributed by atoms with Crippen molar-refractivity contribution >= 4 is 25.8 Å². The van der Waals surface area contributed by atoms with Gasteiger partial charge in [0.15, 0.2) is 0 Å². The van der Waals surface area contributed by atoms with E-state index in [4.69, 9.17) is 22.2 Å². The van der Waals surface area contributed by atoms with E-state index in [2.05, 4.69) is 84.2 Å². The summed E-state index contributed by atoms with van der Waals surface area (Å²) in [5.41, 5.74) is 5.35. The third-order valence-electron chi connectivity index (χ3n) is 7.44. The van der Waals surface area contributed by atoms with Gasteiger partial charge in [-0.05, 0) is 42.5 Å². The lowest BCUT2D eigenvalue weighted by atomic mass is 10.0. The van der Waals surface area contributed by atoms with Crippen molar-refractivity contribution in [2.75, 3.05) is 6.54 Å². The van der Waals surface area contributed by atoms with Gasteiger partial charge in [0, 0.05) is 19.5 Å². The van der Waals surface area contributed by atoms with E-state index < -0.39 is 14.8 Å². The molecule has 0 amide bonds. The highest BCUT2D eigenvalue weighted by Gasteiger charge is 2.62. The molecule has 35 heavy (non-hydrogen) atoms. The summed E-state index contributed by atoms with van der Waals surface area (Å²) in [5.74, 6) is 0. The molecule has 1 saturated heterocycles. The third-order valence-corrected chi connectivity index (χ3v) is 16.6. The first kappa shape index (κ1) is 24.5. The second-order valence-corrected chi connectivity index (χ2v) is 16.2. The molecule has 2 aromatic heterocycles. The lowest BCUT2D eigenvalue weighted by Crippen LogP contribution is -2.36. The normalized spacial score (nSPS) is 19.9. The third kappa shape index (κ3) is 4.33. The maximum atomic E-state index is 6.15. The second kappa shape index (κ2) is 10.4. The fourth-order valence-corrected chi connectivity index (χ4v) is 15.7. The molecule has 0 spiro atoms. The fourth-order valence-electron chi connectivity index (χ4n) is 5.74. The van der Waals surface area contributed by atoms with Crippen LogP contribution in [-0.2, 0) is 0 Å². The zero-order valence-corrected chi connectivity index (χ0v) is 22.3. The first-order valence-corrected chi connectivity index (χ1v) is 16.5. The lowest BCUT2D eigenvalue weighted by Gasteiger charge is -2.49. The zero-order valence-electron chi connectivity index (χ0n) is 20.5. The van der Waals surface area contributed by atoms with Crippen LogP contribution in [0.2, 0.25) is 0 Å². The molecule has 0 bridgehead atoms. The van der Waals surface area contributed by atoms with Crippen LogP contribution in [0.3, 0.4) is 0 Å². The number of unbranched alkanes of at least 4 members (excludes halogenated alkanes) is 1. The van der Waals surface area contributed by atoms with Gasteiger partial charge in [-0.25, -0.2) is 0 Å². The van der Waals surface area contributed by atoms with Crippen LogP contribution >= 0.6 is 14.8 Å². The average molecular weight is 504 g/mol. The summed E-state index contributed by atoms with van der Waals surface area (Å²) in [6.07, 6.45) is 7.97. The van der Waals surface area contributed by atoms with Gasteiger partial charge in [0.05, 0.1) is 30.4 Å². The van der Waals surface area contributed by atoms with Gasteiger partial charge in [-0.2, -0.15) is 6.66 Å². The average Bonchev–Trinajstić information content (AvgIpc) is 3.67. The topological polar surface area (TPSA) is 29.5 Å². The van der Waals surface area contributed by atoms with Crippen molar-refractivity contribution in [1.82, 2.24) is 4.44 Å². The highest BCUT2D eigenvalue weighted by Crippen LogP contribution is 2.91. The summed E-state index contributed by atoms with van der Waals surface area (Å²) < 4.78 is 15.0. The summed E-state index contributed by atoms with van der Waals surface area (Å²) in [5, 5.41) is 0. The summed E-state index contributed by atoms with van der Waals surface area (Å²) in [7, 11) is -4.49. The van der Waals surface area contributed by atoms with E-state index in [0.717, 1.165) is 43.2 Å². The quantitative estimate of drug-likeness (QED) is 0.169. The van der Waals surface area contributed by atoms with Crippen molar-refractivity contribution in [3.63, 3.8) is 0 Å². The molecule has 4 aromatic rings. The first-order valence-electron chi connectivity index (χ1n) is 12.5. The Morgan fingerprint density at radius 1 is 0.800 bits per heavy atom. The summed E-state index contributed by atoms with van der Waals surface area (Å²) in [6.45, 7) is 13.4. The van der Waals surface area contributed by atoms with Crippen LogP contribution in [0.15, 0.2) is 106 Å². The van der Waals surface area contributed by atoms with Gasteiger partial charge in [-0.15, -0.1) is 11.1 Å². The zero-order chi connectivity index (χ0) is 24.3. The minimum atomic E-state index is -2.41. The van der Waals surface area contributed by atoms with Crippen molar-refractivity contribution in [2.45, 2.75) is 43.9 Å². The van der Waals surface area contributed by atoms with Crippen LogP contribution in [0, 0.1) is 13.3 Å². The smallest absolute Gasteiger partial charge is 0.245 e. The molecular weight excluding hydrogens is 468 g/mol. The first-order chi connectivity index (χ1) is 17.1. The van der Waals surface area contributed by atoms with E-state index >= 15 is 0 Å². The Morgan fingerprint density at radius 3 is 1.69 bits per heavy atom. The predicted molar refractivity (Wildman–Crippen MR) is 150 cm³/mol. The minimum Gasteiger partial charge on any atom is -0.435 e. The number of hydrogen-bond acceptors (Lipinski definition) is 3. The monoisotopic (exact) mass is 503 g/mol. The van der Waals surface area contributed by atoms with Crippen LogP contribution in [0.5, 0.6) is 0 Å². The molecule has 0 aliphatic carbocycles. The summed E-state index contributed by atoms with van der Waals surface area (Å²) in [6, 6.07) is 30.1. The highest BCUT2D eigenvalue weighted by molar-refractivity contribution is 7.96. The molecule has 0 N–H and O–H groups in total. The number of furan rings is 2. The molecule has 2 atom stereocenters.